The van der Waals surface area contributed by atoms with Gasteiger partial charge in [-0.15, -0.1) is 5.73 Å². The fourth-order valence-corrected chi connectivity index (χ4v) is 8.54. The van der Waals surface area contributed by atoms with E-state index in [2.05, 4.69) is 93.0 Å². The van der Waals surface area contributed by atoms with Gasteiger partial charge in [0.05, 0.1) is 44.5 Å². The van der Waals surface area contributed by atoms with Crippen molar-refractivity contribution in [2.24, 2.45) is 23.2 Å². The van der Waals surface area contributed by atoms with E-state index in [1.807, 2.05) is 44.7 Å². The first-order chi connectivity index (χ1) is 31.2. The van der Waals surface area contributed by atoms with E-state index >= 15 is 0 Å². The van der Waals surface area contributed by atoms with Gasteiger partial charge in [-0.1, -0.05) is 89.4 Å². The number of imidazole rings is 2. The van der Waals surface area contributed by atoms with Crippen molar-refractivity contribution in [2.75, 3.05) is 27.3 Å². The molecule has 1 saturated heterocycles. The summed E-state index contributed by atoms with van der Waals surface area (Å²) in [6, 6.07) is 18.7. The highest BCUT2D eigenvalue weighted by Gasteiger charge is 2.58. The lowest BCUT2D eigenvalue weighted by Gasteiger charge is -2.30. The number of aromatic nitrogens is 4. The van der Waals surface area contributed by atoms with Crippen molar-refractivity contribution < 1.29 is 28.7 Å². The van der Waals surface area contributed by atoms with Gasteiger partial charge >= 0.3 is 12.2 Å². The van der Waals surface area contributed by atoms with Crippen LogP contribution in [0.5, 0.6) is 0 Å². The summed E-state index contributed by atoms with van der Waals surface area (Å²) in [4.78, 5) is 71.7. The maximum atomic E-state index is 14.0. The van der Waals surface area contributed by atoms with Crippen molar-refractivity contribution in [3.05, 3.63) is 115 Å². The molecule has 3 aromatic carbocycles. The highest BCUT2D eigenvalue weighted by molar-refractivity contribution is 5.91. The lowest BCUT2D eigenvalue weighted by atomic mass is 9.96. The van der Waals surface area contributed by atoms with Crippen molar-refractivity contribution in [3.63, 3.8) is 0 Å². The number of nitrogens with zero attached hydrogens (tertiary/aromatic N) is 4. The van der Waals surface area contributed by atoms with E-state index in [1.54, 1.807) is 23.4 Å². The Labute approximate surface area is 378 Å². The Morgan fingerprint density at radius 2 is 1.43 bits per heavy atom. The van der Waals surface area contributed by atoms with Crippen LogP contribution >= 0.6 is 0 Å². The number of nitrogens with one attached hydrogen (secondary N) is 5. The van der Waals surface area contributed by atoms with Crippen LogP contribution < -0.4 is 10.6 Å². The number of H-pyrrole nitrogens is 2. The second-order valence-corrected chi connectivity index (χ2v) is 17.6. The first-order valence-electron chi connectivity index (χ1n) is 21.8. The van der Waals surface area contributed by atoms with E-state index in [0.29, 0.717) is 18.2 Å². The van der Waals surface area contributed by atoms with Crippen LogP contribution in [0.2, 0.25) is 0 Å². The molecule has 338 valence electrons. The van der Waals surface area contributed by atoms with Gasteiger partial charge in [-0.3, -0.25) is 9.59 Å². The Morgan fingerprint density at radius 3 is 2.03 bits per heavy atom. The van der Waals surface area contributed by atoms with Gasteiger partial charge in [0.2, 0.25) is 11.8 Å². The first kappa shape index (κ1) is 45.8. The summed E-state index contributed by atoms with van der Waals surface area (Å²) < 4.78 is 9.60. The highest BCUT2D eigenvalue weighted by atomic mass is 16.5. The Hall–Kier alpha value is -7.25. The summed E-state index contributed by atoms with van der Waals surface area (Å²) >= 11 is 0. The van der Waals surface area contributed by atoms with Crippen molar-refractivity contribution in [2.45, 2.75) is 65.2 Å². The highest BCUT2D eigenvalue weighted by Crippen LogP contribution is 2.61. The van der Waals surface area contributed by atoms with Gasteiger partial charge in [-0.25, -0.2) is 19.6 Å². The summed E-state index contributed by atoms with van der Waals surface area (Å²) in [6.07, 6.45) is 6.95. The molecule has 4 atom stereocenters. The van der Waals surface area contributed by atoms with Gasteiger partial charge in [0, 0.05) is 36.2 Å². The van der Waals surface area contributed by atoms with Gasteiger partial charge < -0.3 is 45.3 Å². The fourth-order valence-electron chi connectivity index (χ4n) is 8.54. The number of hydrogen-bond donors (Lipinski definition) is 5. The third-order valence-electron chi connectivity index (χ3n) is 12.5. The van der Waals surface area contributed by atoms with E-state index in [9.17, 15) is 19.2 Å². The molecule has 1 aliphatic heterocycles. The molecule has 5 N–H and O–H groups in total. The van der Waals surface area contributed by atoms with Crippen LogP contribution in [0.3, 0.4) is 0 Å². The minimum absolute atomic E-state index is 0.117. The quantitative estimate of drug-likeness (QED) is 0.0371. The zero-order valence-corrected chi connectivity index (χ0v) is 37.7. The van der Waals surface area contributed by atoms with Gasteiger partial charge in [0.25, 0.3) is 0 Å². The van der Waals surface area contributed by atoms with Gasteiger partial charge in [-0.05, 0) is 75.9 Å². The number of methoxy groups -OCH3 is 2. The maximum Gasteiger partial charge on any atom is 0.407 e. The smallest absolute Gasteiger partial charge is 0.407 e. The third kappa shape index (κ3) is 9.80. The predicted octanol–water partition coefficient (Wildman–Crippen LogP) is 8.20. The van der Waals surface area contributed by atoms with Crippen molar-refractivity contribution in [3.8, 4) is 33.6 Å². The minimum atomic E-state index is -0.849. The number of alkyl carbamates (subject to hydrolysis) is 2. The van der Waals surface area contributed by atoms with E-state index in [0.717, 1.165) is 62.8 Å². The second kappa shape index (κ2) is 19.2. The molecule has 5 aromatic rings. The fraction of sp³-hybridized carbons (Fsp3) is 0.360. The molecular formula is C50H57N9O6. The molecule has 15 heteroatoms. The number of likely N-dealkylation sites (tertiary alicyclic amines) is 1. The van der Waals surface area contributed by atoms with E-state index < -0.39 is 36.2 Å². The number of fused-ring (bicyclic) bond motifs is 1. The molecule has 65 heavy (non-hydrogen) atoms. The Bertz CT molecular complexity index is 2650. The molecule has 7 rings (SSSR count). The molecule has 0 bridgehead atoms. The average molecular weight is 880 g/mol. The monoisotopic (exact) mass is 879 g/mol. The zero-order chi connectivity index (χ0) is 46.6. The SMILES string of the molecule is C=C=C[C@H](C=N)CN(Cc1ncc(-c2ccc(-c3ccc4cc(-c5cnc([C@@H]6C(=C)C7(CC7)CN6C(=O)[C@@H](NC(=O)OC)C(C)C)[nH]5)ccc4c3)cc2)[nH]1)C(=O)[C@@H](NC(=O)OC)C(C)C. The topological polar surface area (TPSA) is 198 Å². The largest absolute Gasteiger partial charge is 0.453 e. The predicted molar refractivity (Wildman–Crippen MR) is 250 cm³/mol. The molecule has 4 amide bonds. The molecule has 3 heterocycles. The van der Waals surface area contributed by atoms with Crippen molar-refractivity contribution >= 4 is 41.0 Å². The van der Waals surface area contributed by atoms with Crippen LogP contribution in [0.4, 0.5) is 9.59 Å². The minimum Gasteiger partial charge on any atom is -0.453 e. The van der Waals surface area contributed by atoms with Crippen LogP contribution in [0.15, 0.2) is 104 Å². The lowest BCUT2D eigenvalue weighted by Crippen LogP contribution is -2.52. The molecule has 1 saturated carbocycles. The van der Waals surface area contributed by atoms with Crippen LogP contribution in [0.25, 0.3) is 44.4 Å². The molecule has 1 spiro atoms. The first-order valence-corrected chi connectivity index (χ1v) is 21.8. The number of carbonyl (C=O) groups is 4. The maximum absolute atomic E-state index is 14.0. The molecule has 1 aliphatic carbocycles. The third-order valence-corrected chi connectivity index (χ3v) is 12.5. The number of rotatable bonds is 16. The van der Waals surface area contributed by atoms with E-state index in [1.165, 1.54) is 20.4 Å². The van der Waals surface area contributed by atoms with E-state index in [-0.39, 0.29) is 42.2 Å². The van der Waals surface area contributed by atoms with Crippen molar-refractivity contribution in [1.29, 1.82) is 5.41 Å². The molecule has 0 unspecified atom stereocenters. The van der Waals surface area contributed by atoms with Gasteiger partial charge in [-0.2, -0.15) is 0 Å². The normalized spacial score (nSPS) is 16.5. The van der Waals surface area contributed by atoms with E-state index in [4.69, 9.17) is 19.9 Å². The van der Waals surface area contributed by atoms with Crippen LogP contribution in [0, 0.1) is 28.6 Å². The van der Waals surface area contributed by atoms with Gasteiger partial charge in [0.15, 0.2) is 0 Å². The summed E-state index contributed by atoms with van der Waals surface area (Å²) in [5.41, 5.74) is 9.08. The molecule has 0 radical (unpaired) electrons. The molecular weight excluding hydrogens is 823 g/mol. The number of carbonyl (C=O) groups excluding carboxylic acids is 4. The number of benzene rings is 3. The summed E-state index contributed by atoms with van der Waals surface area (Å²) in [5.74, 6) is -0.138. The standard InChI is InChI=1S/C50H57N9O6/c1-9-10-32(23-51)26-58(46(60)42(29(2)3)56-48(62)64-7)27-41-52-24-39(54-41)34-13-11-33(12-14-34)35-15-16-37-22-38(18-17-36(37)21-35)40-25-53-45(55-40)44-31(6)50(19-20-50)28-59(44)47(61)43(30(4)5)57-49(63)65-8/h10-18,21-25,29-30,32,42-44,51H,1,6,19-20,26-28H2,2-5,7-8H3,(H,52,54)(H,53,55)(H,56,62)(H,57,63)/t32-,42+,43+,44+/m1/s1. The Morgan fingerprint density at radius 1 is 0.862 bits per heavy atom. The molecule has 2 fully saturated rings. The molecule has 2 aliphatic rings. The van der Waals surface area contributed by atoms with Gasteiger partial charge in [0.1, 0.15) is 29.8 Å². The van der Waals surface area contributed by atoms with Crippen LogP contribution in [-0.2, 0) is 25.6 Å². The Balaban J connectivity index is 1.06. The number of amides is 4. The zero-order valence-electron chi connectivity index (χ0n) is 37.7. The Kier molecular flexibility index (Phi) is 13.5. The second-order valence-electron chi connectivity index (χ2n) is 17.6. The van der Waals surface area contributed by atoms with Crippen molar-refractivity contribution in [1.82, 2.24) is 40.4 Å². The molecule has 2 aromatic heterocycles. The number of aromatic amines is 2. The average Bonchev–Trinajstić information content (AvgIpc) is 3.56. The summed E-state index contributed by atoms with van der Waals surface area (Å²) in [6.45, 7) is 16.4. The summed E-state index contributed by atoms with van der Waals surface area (Å²) in [7, 11) is 2.54. The number of hydrogen-bond acceptors (Lipinski definition) is 9. The molecule has 15 nitrogen and oxygen atoms in total. The van der Waals surface area contributed by atoms with Crippen LogP contribution in [-0.4, -0.2) is 99.3 Å². The summed E-state index contributed by atoms with van der Waals surface area (Å²) in [5, 5.41) is 15.4. The number of ether oxygens (including phenoxy) is 2. The lowest BCUT2D eigenvalue weighted by molar-refractivity contribution is -0.136. The van der Waals surface area contributed by atoms with Crippen LogP contribution in [0.1, 0.15) is 58.2 Å².